The van der Waals surface area contributed by atoms with Crippen molar-refractivity contribution in [3.05, 3.63) is 23.8 Å². The lowest BCUT2D eigenvalue weighted by atomic mass is 10.2. The van der Waals surface area contributed by atoms with Gasteiger partial charge in [0.25, 0.3) is 0 Å². The summed E-state index contributed by atoms with van der Waals surface area (Å²) in [5.41, 5.74) is 0.726. The highest BCUT2D eigenvalue weighted by Crippen LogP contribution is 2.27. The summed E-state index contributed by atoms with van der Waals surface area (Å²) in [5, 5.41) is 11.8. The predicted molar refractivity (Wildman–Crippen MR) is 70.0 cm³/mol. The Morgan fingerprint density at radius 3 is 2.72 bits per heavy atom. The molecule has 0 aliphatic heterocycles. The summed E-state index contributed by atoms with van der Waals surface area (Å²) in [7, 11) is -3.58. The highest BCUT2D eigenvalue weighted by Gasteiger charge is 2.12. The standard InChI is InChI=1S/C9H11BrO6S2/c1-7-6-8(14-18(12,13)5-4-10)2-3-9(7)17-16-15-11/h2-3,6,11H,4-5H2,1H3. The van der Waals surface area contributed by atoms with E-state index in [1.54, 1.807) is 19.1 Å². The lowest BCUT2D eigenvalue weighted by Crippen LogP contribution is -2.14. The molecule has 0 unspecified atom stereocenters. The molecule has 0 radical (unpaired) electrons. The maximum absolute atomic E-state index is 11.4. The molecule has 18 heavy (non-hydrogen) atoms. The average molecular weight is 359 g/mol. The van der Waals surface area contributed by atoms with Crippen LogP contribution in [0.15, 0.2) is 23.1 Å². The minimum atomic E-state index is -3.58. The molecule has 1 rings (SSSR count). The van der Waals surface area contributed by atoms with Crippen molar-refractivity contribution in [2.75, 3.05) is 11.1 Å². The quantitative estimate of drug-likeness (QED) is 0.263. The zero-order valence-corrected chi connectivity index (χ0v) is 12.5. The van der Waals surface area contributed by atoms with E-state index < -0.39 is 10.1 Å². The molecular formula is C9H11BrO6S2. The van der Waals surface area contributed by atoms with Crippen molar-refractivity contribution in [2.45, 2.75) is 11.8 Å². The van der Waals surface area contributed by atoms with Gasteiger partial charge in [-0.1, -0.05) is 21.0 Å². The van der Waals surface area contributed by atoms with Crippen LogP contribution >= 0.6 is 28.0 Å². The van der Waals surface area contributed by atoms with Gasteiger partial charge in [-0.15, -0.1) is 4.33 Å². The van der Waals surface area contributed by atoms with Crippen molar-refractivity contribution in [3.8, 4) is 5.75 Å². The zero-order chi connectivity index (χ0) is 13.6. The van der Waals surface area contributed by atoms with Gasteiger partial charge < -0.3 is 4.18 Å². The lowest BCUT2D eigenvalue weighted by molar-refractivity contribution is -0.432. The van der Waals surface area contributed by atoms with E-state index in [9.17, 15) is 8.42 Å². The van der Waals surface area contributed by atoms with Gasteiger partial charge in [0.15, 0.2) is 0 Å². The van der Waals surface area contributed by atoms with E-state index in [0.29, 0.717) is 10.2 Å². The molecule has 0 amide bonds. The summed E-state index contributed by atoms with van der Waals surface area (Å²) in [6, 6.07) is 4.63. The first-order valence-corrected chi connectivity index (χ1v) is 8.16. The second-order valence-electron chi connectivity index (χ2n) is 3.19. The topological polar surface area (TPSA) is 82.1 Å². The van der Waals surface area contributed by atoms with Crippen LogP contribution in [0.1, 0.15) is 5.56 Å². The molecule has 0 spiro atoms. The van der Waals surface area contributed by atoms with Gasteiger partial charge >= 0.3 is 10.1 Å². The maximum atomic E-state index is 11.4. The Labute approximate surface area is 118 Å². The second kappa shape index (κ2) is 7.31. The van der Waals surface area contributed by atoms with Gasteiger partial charge in [0.2, 0.25) is 0 Å². The van der Waals surface area contributed by atoms with E-state index in [0.717, 1.165) is 17.6 Å². The number of benzene rings is 1. The molecule has 0 fully saturated rings. The number of hydrogen-bond donors (Lipinski definition) is 1. The molecule has 0 saturated heterocycles. The lowest BCUT2D eigenvalue weighted by Gasteiger charge is -2.08. The Morgan fingerprint density at radius 1 is 1.44 bits per heavy atom. The first-order chi connectivity index (χ1) is 8.48. The predicted octanol–water partition coefficient (Wildman–Crippen LogP) is 2.53. The third-order valence-electron chi connectivity index (χ3n) is 1.85. The third-order valence-corrected chi connectivity index (χ3v) is 4.69. The smallest absolute Gasteiger partial charge is 0.310 e. The Bertz CT molecular complexity index is 490. The summed E-state index contributed by atoms with van der Waals surface area (Å²) in [6.07, 6.45) is 0. The van der Waals surface area contributed by atoms with Gasteiger partial charge in [0, 0.05) is 10.2 Å². The van der Waals surface area contributed by atoms with Crippen LogP contribution in [0.25, 0.3) is 0 Å². The molecule has 0 heterocycles. The fourth-order valence-electron chi connectivity index (χ4n) is 1.10. The molecule has 1 aromatic rings. The molecule has 0 bridgehead atoms. The van der Waals surface area contributed by atoms with Crippen molar-refractivity contribution in [1.82, 2.24) is 0 Å². The molecule has 1 N–H and O–H groups in total. The van der Waals surface area contributed by atoms with E-state index in [2.05, 4.69) is 25.3 Å². The summed E-state index contributed by atoms with van der Waals surface area (Å²) in [5.74, 6) is 0.118. The van der Waals surface area contributed by atoms with E-state index in [1.165, 1.54) is 6.07 Å². The van der Waals surface area contributed by atoms with Crippen molar-refractivity contribution < 1.29 is 27.2 Å². The van der Waals surface area contributed by atoms with Crippen LogP contribution in [0, 0.1) is 6.92 Å². The summed E-state index contributed by atoms with van der Waals surface area (Å²) in [4.78, 5) is 0.661. The van der Waals surface area contributed by atoms with Crippen molar-refractivity contribution >= 4 is 38.1 Å². The molecule has 6 nitrogen and oxygen atoms in total. The van der Waals surface area contributed by atoms with Crippen molar-refractivity contribution in [1.29, 1.82) is 0 Å². The Morgan fingerprint density at radius 2 is 2.17 bits per heavy atom. The Hall–Kier alpha value is -0.320. The fourth-order valence-corrected chi connectivity index (χ4v) is 3.38. The molecule has 0 aliphatic carbocycles. The van der Waals surface area contributed by atoms with E-state index in [-0.39, 0.29) is 11.5 Å². The molecule has 1 aromatic carbocycles. The SMILES string of the molecule is Cc1cc(OS(=O)(=O)CCBr)ccc1SOOO. The minimum absolute atomic E-state index is 0.107. The van der Waals surface area contributed by atoms with Gasteiger partial charge in [-0.05, 0) is 30.7 Å². The third kappa shape index (κ3) is 5.12. The highest BCUT2D eigenvalue weighted by molar-refractivity contribution is 9.09. The maximum Gasteiger partial charge on any atom is 0.310 e. The molecule has 9 heteroatoms. The van der Waals surface area contributed by atoms with Crippen LogP contribution in [-0.2, 0) is 19.5 Å². The number of alkyl halides is 1. The van der Waals surface area contributed by atoms with Crippen LogP contribution in [0.3, 0.4) is 0 Å². The van der Waals surface area contributed by atoms with E-state index in [4.69, 9.17) is 9.44 Å². The van der Waals surface area contributed by atoms with Crippen LogP contribution in [0.4, 0.5) is 0 Å². The fraction of sp³-hybridized carbons (Fsp3) is 0.333. The summed E-state index contributed by atoms with van der Waals surface area (Å²) >= 11 is 3.84. The van der Waals surface area contributed by atoms with E-state index >= 15 is 0 Å². The van der Waals surface area contributed by atoms with Gasteiger partial charge in [0.05, 0.1) is 17.8 Å². The minimum Gasteiger partial charge on any atom is -0.382 e. The number of aryl methyl sites for hydroxylation is 1. The first-order valence-electron chi connectivity index (χ1n) is 4.72. The largest absolute Gasteiger partial charge is 0.382 e. The van der Waals surface area contributed by atoms with Crippen molar-refractivity contribution in [2.24, 2.45) is 0 Å². The van der Waals surface area contributed by atoms with Crippen LogP contribution in [0.2, 0.25) is 0 Å². The van der Waals surface area contributed by atoms with Gasteiger partial charge in [0.1, 0.15) is 5.75 Å². The molecule has 0 aromatic heterocycles. The van der Waals surface area contributed by atoms with Crippen LogP contribution < -0.4 is 4.18 Å². The number of rotatable bonds is 7. The molecule has 0 aliphatic rings. The first kappa shape index (κ1) is 15.7. The van der Waals surface area contributed by atoms with Gasteiger partial charge in [-0.3, -0.25) is 0 Å². The van der Waals surface area contributed by atoms with Crippen LogP contribution in [0.5, 0.6) is 5.75 Å². The van der Waals surface area contributed by atoms with Gasteiger partial charge in [-0.25, -0.2) is 5.26 Å². The van der Waals surface area contributed by atoms with E-state index in [1.807, 2.05) is 0 Å². The zero-order valence-electron chi connectivity index (χ0n) is 9.33. The summed E-state index contributed by atoms with van der Waals surface area (Å²) in [6.45, 7) is 1.74. The molecule has 0 atom stereocenters. The number of hydrogen-bond acceptors (Lipinski definition) is 7. The Balaban J connectivity index is 2.78. The number of halogens is 1. The van der Waals surface area contributed by atoms with Crippen LogP contribution in [-0.4, -0.2) is 24.8 Å². The van der Waals surface area contributed by atoms with Crippen molar-refractivity contribution in [3.63, 3.8) is 0 Å². The highest BCUT2D eigenvalue weighted by atomic mass is 79.9. The molecule has 0 saturated carbocycles. The molecular weight excluding hydrogens is 348 g/mol. The molecule has 102 valence electrons. The van der Waals surface area contributed by atoms with Gasteiger partial charge in [-0.2, -0.15) is 8.42 Å². The monoisotopic (exact) mass is 358 g/mol. The second-order valence-corrected chi connectivity index (χ2v) is 6.41. The Kier molecular flexibility index (Phi) is 6.39. The normalized spacial score (nSPS) is 11.5. The summed E-state index contributed by atoms with van der Waals surface area (Å²) < 4.78 is 32.0. The average Bonchev–Trinajstić information content (AvgIpc) is 2.27.